The van der Waals surface area contributed by atoms with E-state index in [-0.39, 0.29) is 23.3 Å². The number of fused-ring (bicyclic) bond motifs is 3. The van der Waals surface area contributed by atoms with Gasteiger partial charge in [0.25, 0.3) is 0 Å². The highest BCUT2D eigenvalue weighted by Gasteiger charge is 2.48. The summed E-state index contributed by atoms with van der Waals surface area (Å²) in [6.45, 7) is 8.32. The number of aromatic nitrogens is 2. The maximum Gasteiger partial charge on any atom is 0.308 e. The summed E-state index contributed by atoms with van der Waals surface area (Å²) in [7, 11) is 0. The first kappa shape index (κ1) is 21.5. The molecule has 30 heavy (non-hydrogen) atoms. The minimum atomic E-state index is -0.569. The molecule has 0 fully saturated rings. The normalized spacial score (nSPS) is 18.5. The van der Waals surface area contributed by atoms with Crippen molar-refractivity contribution in [1.29, 1.82) is 10.5 Å². The van der Waals surface area contributed by atoms with Gasteiger partial charge in [-0.25, -0.2) is 9.97 Å². The maximum absolute atomic E-state index is 12.5. The van der Waals surface area contributed by atoms with Crippen LogP contribution in [-0.2, 0) is 14.9 Å². The molecule has 0 N–H and O–H groups in total. The van der Waals surface area contributed by atoms with Gasteiger partial charge in [0.15, 0.2) is 11.4 Å². The Morgan fingerprint density at radius 1 is 1.10 bits per heavy atom. The number of benzene rings is 1. The number of carbonyl (C=O) groups is 1. The second-order valence-corrected chi connectivity index (χ2v) is 8.04. The molecule has 6 nitrogen and oxygen atoms in total. The summed E-state index contributed by atoms with van der Waals surface area (Å²) in [5.74, 6) is -0.230. The predicted molar refractivity (Wildman–Crippen MR) is 112 cm³/mol. The zero-order valence-corrected chi connectivity index (χ0v) is 17.9. The van der Waals surface area contributed by atoms with Crippen LogP contribution in [0.15, 0.2) is 24.3 Å². The van der Waals surface area contributed by atoms with Crippen LogP contribution in [0.2, 0.25) is 0 Å². The van der Waals surface area contributed by atoms with Gasteiger partial charge in [-0.05, 0) is 31.2 Å². The molecule has 0 aliphatic heterocycles. The van der Waals surface area contributed by atoms with E-state index in [0.29, 0.717) is 30.3 Å². The van der Waals surface area contributed by atoms with Gasteiger partial charge < -0.3 is 4.74 Å². The van der Waals surface area contributed by atoms with Crippen molar-refractivity contribution in [1.82, 2.24) is 9.97 Å². The summed E-state index contributed by atoms with van der Waals surface area (Å²) < 4.78 is 5.28. The van der Waals surface area contributed by atoms with Gasteiger partial charge in [0, 0.05) is 11.0 Å². The molecule has 6 heteroatoms. The topological polar surface area (TPSA) is 99.7 Å². The lowest BCUT2D eigenvalue weighted by molar-refractivity contribution is -0.148. The van der Waals surface area contributed by atoms with E-state index in [0.717, 1.165) is 24.0 Å². The van der Waals surface area contributed by atoms with Crippen molar-refractivity contribution in [2.24, 2.45) is 11.8 Å². The molecule has 0 saturated heterocycles. The van der Waals surface area contributed by atoms with E-state index in [9.17, 15) is 15.3 Å². The Hall–Kier alpha value is -3.25. The summed E-state index contributed by atoms with van der Waals surface area (Å²) in [5.41, 5.74) is 2.79. The van der Waals surface area contributed by atoms with Crippen molar-refractivity contribution in [2.45, 2.75) is 52.4 Å². The van der Waals surface area contributed by atoms with Crippen LogP contribution in [0, 0.1) is 34.5 Å². The van der Waals surface area contributed by atoms with Crippen LogP contribution in [0.4, 0.5) is 0 Å². The number of hydrogen-bond donors (Lipinski definition) is 0. The number of nitriles is 2. The van der Waals surface area contributed by atoms with Crippen molar-refractivity contribution in [3.8, 4) is 23.4 Å². The highest BCUT2D eigenvalue weighted by atomic mass is 16.5. The number of carbonyl (C=O) groups excluding carboxylic acids is 1. The molecule has 1 heterocycles. The van der Waals surface area contributed by atoms with Crippen molar-refractivity contribution < 1.29 is 9.53 Å². The zero-order valence-electron chi connectivity index (χ0n) is 17.9. The van der Waals surface area contributed by atoms with E-state index in [1.807, 2.05) is 37.3 Å². The van der Waals surface area contributed by atoms with Gasteiger partial charge in [-0.3, -0.25) is 4.79 Å². The highest BCUT2D eigenvalue weighted by molar-refractivity contribution is 5.79. The quantitative estimate of drug-likeness (QED) is 0.632. The zero-order chi connectivity index (χ0) is 21.9. The molecule has 1 aromatic heterocycles. The number of hydrogen-bond acceptors (Lipinski definition) is 6. The SMILES string of the molecule is CCOC(=O)[C@@H](C)CC1(C[C@H](C)CC)c2ccccc2-c2nc(C#N)c(C#N)nc21. The van der Waals surface area contributed by atoms with Crippen molar-refractivity contribution in [2.75, 3.05) is 6.61 Å². The van der Waals surface area contributed by atoms with Gasteiger partial charge in [0.2, 0.25) is 0 Å². The Balaban J connectivity index is 2.27. The fraction of sp³-hybridized carbons (Fsp3) is 0.458. The number of nitrogens with zero attached hydrogens (tertiary/aromatic N) is 4. The van der Waals surface area contributed by atoms with E-state index in [1.54, 1.807) is 6.92 Å². The summed E-state index contributed by atoms with van der Waals surface area (Å²) in [6.07, 6.45) is 2.25. The molecule has 0 bridgehead atoms. The van der Waals surface area contributed by atoms with Crippen LogP contribution in [-0.4, -0.2) is 22.5 Å². The highest BCUT2D eigenvalue weighted by Crippen LogP contribution is 2.53. The molecule has 0 saturated carbocycles. The van der Waals surface area contributed by atoms with Gasteiger partial charge in [0.1, 0.15) is 12.1 Å². The molecule has 1 aliphatic rings. The molecule has 3 rings (SSSR count). The summed E-state index contributed by atoms with van der Waals surface area (Å²) >= 11 is 0. The standard InChI is InChI=1S/C24H26N4O2/c1-5-15(3)11-24(12-16(4)23(29)30-6-2)18-10-8-7-9-17(18)21-22(24)28-20(14-26)19(13-25)27-21/h7-10,15-16H,5-6,11-12H2,1-4H3/t15-,16+,24?/m1/s1. The van der Waals surface area contributed by atoms with Crippen LogP contribution in [0.5, 0.6) is 0 Å². The molecule has 1 aromatic carbocycles. The van der Waals surface area contributed by atoms with E-state index in [2.05, 4.69) is 29.9 Å². The first-order valence-corrected chi connectivity index (χ1v) is 10.4. The molecule has 3 atom stereocenters. The maximum atomic E-state index is 12.5. The second-order valence-electron chi connectivity index (χ2n) is 8.04. The van der Waals surface area contributed by atoms with Crippen molar-refractivity contribution in [3.63, 3.8) is 0 Å². The largest absolute Gasteiger partial charge is 0.466 e. The molecule has 1 aliphatic carbocycles. The Morgan fingerprint density at radius 3 is 2.40 bits per heavy atom. The first-order valence-electron chi connectivity index (χ1n) is 10.4. The summed E-state index contributed by atoms with van der Waals surface area (Å²) in [4.78, 5) is 21.7. The molecule has 0 radical (unpaired) electrons. The lowest BCUT2D eigenvalue weighted by Crippen LogP contribution is -2.34. The Labute approximate surface area is 177 Å². The van der Waals surface area contributed by atoms with Gasteiger partial charge in [-0.2, -0.15) is 10.5 Å². The van der Waals surface area contributed by atoms with Crippen LogP contribution >= 0.6 is 0 Å². The molecular formula is C24H26N4O2. The lowest BCUT2D eigenvalue weighted by Gasteiger charge is -2.35. The Kier molecular flexibility index (Phi) is 6.17. The van der Waals surface area contributed by atoms with Gasteiger partial charge in [0.05, 0.1) is 23.9 Å². The Morgan fingerprint density at radius 2 is 1.77 bits per heavy atom. The average Bonchev–Trinajstić information content (AvgIpc) is 3.01. The molecule has 0 spiro atoms. The molecule has 0 amide bonds. The second kappa shape index (κ2) is 8.63. The minimum Gasteiger partial charge on any atom is -0.466 e. The third-order valence-corrected chi connectivity index (χ3v) is 6.00. The van der Waals surface area contributed by atoms with E-state index >= 15 is 0 Å². The fourth-order valence-corrected chi connectivity index (χ4v) is 4.47. The summed E-state index contributed by atoms with van der Waals surface area (Å²) in [6, 6.07) is 11.9. The van der Waals surface area contributed by atoms with Gasteiger partial charge >= 0.3 is 5.97 Å². The van der Waals surface area contributed by atoms with Crippen LogP contribution in [0.1, 0.15) is 69.6 Å². The summed E-state index contributed by atoms with van der Waals surface area (Å²) in [5, 5.41) is 19.0. The van der Waals surface area contributed by atoms with Gasteiger partial charge in [-0.1, -0.05) is 51.5 Å². The number of ether oxygens (including phenoxy) is 1. The third-order valence-electron chi connectivity index (χ3n) is 6.00. The Bertz CT molecular complexity index is 1050. The molecule has 154 valence electrons. The molecule has 1 unspecified atom stereocenters. The monoisotopic (exact) mass is 402 g/mol. The van der Waals surface area contributed by atoms with Gasteiger partial charge in [-0.15, -0.1) is 0 Å². The van der Waals surface area contributed by atoms with Crippen molar-refractivity contribution in [3.05, 3.63) is 46.9 Å². The van der Waals surface area contributed by atoms with Crippen molar-refractivity contribution >= 4 is 5.97 Å². The minimum absolute atomic E-state index is 0.0290. The van der Waals surface area contributed by atoms with E-state index in [4.69, 9.17) is 4.74 Å². The smallest absolute Gasteiger partial charge is 0.308 e. The fourth-order valence-electron chi connectivity index (χ4n) is 4.47. The predicted octanol–water partition coefficient (Wildman–Crippen LogP) is 4.51. The number of rotatable bonds is 7. The lowest BCUT2D eigenvalue weighted by atomic mass is 9.68. The third kappa shape index (κ3) is 3.55. The first-order chi connectivity index (χ1) is 14.4. The number of esters is 1. The van der Waals surface area contributed by atoms with Crippen LogP contribution < -0.4 is 0 Å². The van der Waals surface area contributed by atoms with Crippen LogP contribution in [0.3, 0.4) is 0 Å². The molecular weight excluding hydrogens is 376 g/mol. The molecule has 2 aromatic rings. The van der Waals surface area contributed by atoms with E-state index in [1.165, 1.54) is 0 Å². The van der Waals surface area contributed by atoms with Crippen LogP contribution in [0.25, 0.3) is 11.3 Å². The van der Waals surface area contributed by atoms with E-state index < -0.39 is 5.41 Å². The average molecular weight is 402 g/mol.